The van der Waals surface area contributed by atoms with Gasteiger partial charge in [0, 0.05) is 12.5 Å². The standard InChI is InChI=1S/C11H16BrN3/c1-2-15-10(6-12)13-14-11(15)9-4-7-3-8(7)5-9/h7-9H,2-6H2,1H3. The van der Waals surface area contributed by atoms with Crippen molar-refractivity contribution >= 4 is 15.9 Å². The van der Waals surface area contributed by atoms with E-state index in [0.717, 1.165) is 29.5 Å². The van der Waals surface area contributed by atoms with Crippen molar-refractivity contribution in [3.05, 3.63) is 11.6 Å². The molecule has 2 aliphatic rings. The van der Waals surface area contributed by atoms with Crippen molar-refractivity contribution in [1.82, 2.24) is 14.8 Å². The van der Waals surface area contributed by atoms with Gasteiger partial charge in [0.05, 0.1) is 5.33 Å². The molecular weight excluding hydrogens is 254 g/mol. The Labute approximate surface area is 98.4 Å². The van der Waals surface area contributed by atoms with Gasteiger partial charge in [-0.15, -0.1) is 10.2 Å². The lowest BCUT2D eigenvalue weighted by atomic mass is 10.0. The van der Waals surface area contributed by atoms with Crippen molar-refractivity contribution < 1.29 is 0 Å². The lowest BCUT2D eigenvalue weighted by molar-refractivity contribution is 0.545. The van der Waals surface area contributed by atoms with Crippen molar-refractivity contribution in [3.63, 3.8) is 0 Å². The molecule has 0 aliphatic heterocycles. The first-order valence-electron chi connectivity index (χ1n) is 5.81. The number of rotatable bonds is 3. The number of hydrogen-bond acceptors (Lipinski definition) is 2. The quantitative estimate of drug-likeness (QED) is 0.791. The summed E-state index contributed by atoms with van der Waals surface area (Å²) in [6, 6.07) is 0. The van der Waals surface area contributed by atoms with Crippen LogP contribution >= 0.6 is 15.9 Å². The van der Waals surface area contributed by atoms with Gasteiger partial charge in [0.2, 0.25) is 0 Å². The maximum absolute atomic E-state index is 4.38. The molecule has 3 nitrogen and oxygen atoms in total. The fraction of sp³-hybridized carbons (Fsp3) is 0.818. The van der Waals surface area contributed by atoms with E-state index in [1.165, 1.54) is 25.1 Å². The fourth-order valence-electron chi connectivity index (χ4n) is 3.02. The Hall–Kier alpha value is -0.380. The summed E-state index contributed by atoms with van der Waals surface area (Å²) >= 11 is 3.47. The first kappa shape index (κ1) is 9.82. The maximum atomic E-state index is 4.38. The van der Waals surface area contributed by atoms with E-state index >= 15 is 0 Å². The summed E-state index contributed by atoms with van der Waals surface area (Å²) in [7, 11) is 0. The average Bonchev–Trinajstić information content (AvgIpc) is 2.75. The van der Waals surface area contributed by atoms with Crippen LogP contribution in [0.5, 0.6) is 0 Å². The minimum atomic E-state index is 0.689. The Bertz CT molecular complexity index is 364. The third-order valence-electron chi connectivity index (χ3n) is 3.90. The van der Waals surface area contributed by atoms with Gasteiger partial charge >= 0.3 is 0 Å². The third-order valence-corrected chi connectivity index (χ3v) is 4.40. The molecule has 15 heavy (non-hydrogen) atoms. The molecule has 2 fully saturated rings. The van der Waals surface area contributed by atoms with E-state index in [4.69, 9.17) is 0 Å². The molecule has 0 amide bonds. The van der Waals surface area contributed by atoms with Crippen molar-refractivity contribution in [3.8, 4) is 0 Å². The number of hydrogen-bond donors (Lipinski definition) is 0. The zero-order valence-corrected chi connectivity index (χ0v) is 10.6. The number of fused-ring (bicyclic) bond motifs is 1. The van der Waals surface area contributed by atoms with Crippen LogP contribution in [0, 0.1) is 11.8 Å². The Kier molecular flexibility index (Phi) is 2.34. The molecular formula is C11H16BrN3. The lowest BCUT2D eigenvalue weighted by Gasteiger charge is -2.12. The van der Waals surface area contributed by atoms with Gasteiger partial charge in [-0.3, -0.25) is 0 Å². The van der Waals surface area contributed by atoms with E-state index in [0.29, 0.717) is 5.92 Å². The monoisotopic (exact) mass is 269 g/mol. The molecule has 0 radical (unpaired) electrons. The normalized spacial score (nSPS) is 33.1. The van der Waals surface area contributed by atoms with Gasteiger partial charge in [-0.25, -0.2) is 0 Å². The molecule has 0 spiro atoms. The van der Waals surface area contributed by atoms with Gasteiger partial charge in [-0.05, 0) is 38.0 Å². The van der Waals surface area contributed by atoms with E-state index < -0.39 is 0 Å². The molecule has 2 saturated carbocycles. The SMILES string of the molecule is CCn1c(CBr)nnc1C1CC2CC2C1. The molecule has 4 heteroatoms. The minimum absolute atomic E-state index is 0.689. The minimum Gasteiger partial charge on any atom is -0.314 e. The highest BCUT2D eigenvalue weighted by molar-refractivity contribution is 9.08. The van der Waals surface area contributed by atoms with Crippen molar-refractivity contribution in [2.24, 2.45) is 11.8 Å². The number of aromatic nitrogens is 3. The van der Waals surface area contributed by atoms with Crippen LogP contribution in [0.3, 0.4) is 0 Å². The molecule has 3 rings (SSSR count). The molecule has 0 bridgehead atoms. The second-order valence-electron chi connectivity index (χ2n) is 4.78. The third kappa shape index (κ3) is 1.53. The summed E-state index contributed by atoms with van der Waals surface area (Å²) in [4.78, 5) is 0. The molecule has 0 saturated heterocycles. The van der Waals surface area contributed by atoms with Crippen LogP contribution in [-0.2, 0) is 11.9 Å². The predicted molar refractivity (Wildman–Crippen MR) is 61.9 cm³/mol. The van der Waals surface area contributed by atoms with E-state index in [9.17, 15) is 0 Å². The maximum Gasteiger partial charge on any atom is 0.143 e. The van der Waals surface area contributed by atoms with Crippen LogP contribution in [0.2, 0.25) is 0 Å². The first-order chi connectivity index (χ1) is 7.33. The summed E-state index contributed by atoms with van der Waals surface area (Å²) in [5.74, 6) is 5.04. The van der Waals surface area contributed by atoms with Crippen LogP contribution in [-0.4, -0.2) is 14.8 Å². The van der Waals surface area contributed by atoms with Crippen LogP contribution < -0.4 is 0 Å². The Morgan fingerprint density at radius 2 is 2.00 bits per heavy atom. The highest BCUT2D eigenvalue weighted by Gasteiger charge is 2.47. The van der Waals surface area contributed by atoms with Crippen molar-refractivity contribution in [2.45, 2.75) is 44.0 Å². The summed E-state index contributed by atoms with van der Waals surface area (Å²) in [6.07, 6.45) is 4.18. The highest BCUT2D eigenvalue weighted by atomic mass is 79.9. The summed E-state index contributed by atoms with van der Waals surface area (Å²) in [6.45, 7) is 3.17. The molecule has 82 valence electrons. The zero-order chi connectivity index (χ0) is 10.4. The average molecular weight is 270 g/mol. The zero-order valence-electron chi connectivity index (χ0n) is 8.99. The molecule has 2 atom stereocenters. The van der Waals surface area contributed by atoms with Crippen LogP contribution in [0.4, 0.5) is 0 Å². The van der Waals surface area contributed by atoms with Crippen molar-refractivity contribution in [2.75, 3.05) is 0 Å². The Morgan fingerprint density at radius 1 is 1.27 bits per heavy atom. The summed E-state index contributed by atoms with van der Waals surface area (Å²) in [5.41, 5.74) is 0. The highest BCUT2D eigenvalue weighted by Crippen LogP contribution is 2.57. The second kappa shape index (κ2) is 3.58. The summed E-state index contributed by atoms with van der Waals surface area (Å²) < 4.78 is 2.28. The molecule has 0 N–H and O–H groups in total. The van der Waals surface area contributed by atoms with Gasteiger partial charge in [-0.1, -0.05) is 15.9 Å². The largest absolute Gasteiger partial charge is 0.314 e. The van der Waals surface area contributed by atoms with Crippen LogP contribution in [0.15, 0.2) is 0 Å². The fourth-order valence-corrected chi connectivity index (χ4v) is 3.43. The molecule has 2 unspecified atom stereocenters. The molecule has 1 aromatic rings. The Balaban J connectivity index is 1.87. The van der Waals surface area contributed by atoms with Crippen LogP contribution in [0.1, 0.15) is 43.8 Å². The summed E-state index contributed by atoms with van der Waals surface area (Å²) in [5, 5.41) is 9.45. The lowest BCUT2D eigenvalue weighted by Crippen LogP contribution is -2.09. The van der Waals surface area contributed by atoms with Gasteiger partial charge in [-0.2, -0.15) is 0 Å². The smallest absolute Gasteiger partial charge is 0.143 e. The predicted octanol–water partition coefficient (Wildman–Crippen LogP) is 2.71. The number of nitrogens with zero attached hydrogens (tertiary/aromatic N) is 3. The first-order valence-corrected chi connectivity index (χ1v) is 6.93. The van der Waals surface area contributed by atoms with Gasteiger partial charge < -0.3 is 4.57 Å². The second-order valence-corrected chi connectivity index (χ2v) is 5.34. The number of alkyl halides is 1. The molecule has 1 aromatic heterocycles. The molecule has 0 aromatic carbocycles. The van der Waals surface area contributed by atoms with Gasteiger partial charge in [0.25, 0.3) is 0 Å². The van der Waals surface area contributed by atoms with E-state index in [1.807, 2.05) is 0 Å². The van der Waals surface area contributed by atoms with Crippen molar-refractivity contribution in [1.29, 1.82) is 0 Å². The van der Waals surface area contributed by atoms with E-state index in [-0.39, 0.29) is 0 Å². The van der Waals surface area contributed by atoms with Gasteiger partial charge in [0.1, 0.15) is 11.6 Å². The van der Waals surface area contributed by atoms with E-state index in [1.54, 1.807) is 0 Å². The molecule has 2 aliphatic carbocycles. The molecule has 1 heterocycles. The number of halogens is 1. The topological polar surface area (TPSA) is 30.7 Å². The van der Waals surface area contributed by atoms with Gasteiger partial charge in [0.15, 0.2) is 0 Å². The van der Waals surface area contributed by atoms with Crippen LogP contribution in [0.25, 0.3) is 0 Å². The Morgan fingerprint density at radius 3 is 2.60 bits per heavy atom. The van der Waals surface area contributed by atoms with E-state index in [2.05, 4.69) is 37.6 Å².